The van der Waals surface area contributed by atoms with Gasteiger partial charge in [0.2, 0.25) is 0 Å². The molecule has 1 aliphatic heterocycles. The first-order valence-corrected chi connectivity index (χ1v) is 14.1. The van der Waals surface area contributed by atoms with Crippen molar-refractivity contribution in [3.8, 4) is 5.75 Å². The average molecular weight is 557 g/mol. The van der Waals surface area contributed by atoms with Crippen LogP contribution in [0.1, 0.15) is 29.8 Å². The van der Waals surface area contributed by atoms with Crippen molar-refractivity contribution in [2.45, 2.75) is 37.4 Å². The highest BCUT2D eigenvalue weighted by Crippen LogP contribution is 2.36. The van der Waals surface area contributed by atoms with Crippen molar-refractivity contribution in [3.63, 3.8) is 0 Å². The Morgan fingerprint density at radius 3 is 2.54 bits per heavy atom. The number of rotatable bonds is 9. The highest BCUT2D eigenvalue weighted by atomic mass is 32.2. The van der Waals surface area contributed by atoms with Crippen molar-refractivity contribution in [3.05, 3.63) is 83.9 Å². The maximum Gasteiger partial charge on any atom is 0.262 e. The number of para-hydroxylation sites is 1. The maximum absolute atomic E-state index is 13.6. The lowest BCUT2D eigenvalue weighted by molar-refractivity contribution is 0.0344. The number of carbonyl (C=O) groups excluding carboxylic acids is 1. The predicted octanol–water partition coefficient (Wildman–Crippen LogP) is 3.37. The molecule has 0 radical (unpaired) electrons. The third kappa shape index (κ3) is 6.73. The molecule has 2 N–H and O–H groups in total. The van der Waals surface area contributed by atoms with Gasteiger partial charge in [-0.2, -0.15) is 0 Å². The number of aromatic nitrogens is 1. The van der Waals surface area contributed by atoms with Gasteiger partial charge in [0.1, 0.15) is 11.9 Å². The number of halogens is 1. The molecule has 2 heterocycles. The van der Waals surface area contributed by atoms with Crippen molar-refractivity contribution in [2.24, 2.45) is 5.92 Å². The van der Waals surface area contributed by atoms with Crippen LogP contribution in [0.5, 0.6) is 5.75 Å². The van der Waals surface area contributed by atoms with Gasteiger partial charge in [-0.25, -0.2) is 12.8 Å². The molecular formula is C28H33FN4O5S. The number of ether oxygens (including phenoxy) is 1. The number of nitrogens with zero attached hydrogens (tertiary/aromatic N) is 3. The summed E-state index contributed by atoms with van der Waals surface area (Å²) in [5.74, 6) is -0.974. The van der Waals surface area contributed by atoms with E-state index in [1.165, 1.54) is 18.2 Å². The van der Waals surface area contributed by atoms with E-state index in [2.05, 4.69) is 14.6 Å². The first-order valence-electron chi connectivity index (χ1n) is 12.7. The van der Waals surface area contributed by atoms with Gasteiger partial charge in [-0.05, 0) is 68.1 Å². The fourth-order valence-corrected chi connectivity index (χ4v) is 5.59. The molecule has 0 saturated heterocycles. The molecule has 9 nitrogen and oxygen atoms in total. The molecule has 0 fully saturated rings. The lowest BCUT2D eigenvalue weighted by atomic mass is 9.99. The smallest absolute Gasteiger partial charge is 0.262 e. The summed E-state index contributed by atoms with van der Waals surface area (Å²) >= 11 is 0. The Morgan fingerprint density at radius 2 is 1.87 bits per heavy atom. The topological polar surface area (TPSA) is 112 Å². The number of anilines is 1. The van der Waals surface area contributed by atoms with Crippen LogP contribution in [0.4, 0.5) is 10.1 Å². The number of sulfonamides is 1. The van der Waals surface area contributed by atoms with Gasteiger partial charge in [0, 0.05) is 37.9 Å². The Labute approximate surface area is 228 Å². The highest BCUT2D eigenvalue weighted by molar-refractivity contribution is 7.92. The van der Waals surface area contributed by atoms with Crippen LogP contribution in [0.15, 0.2) is 71.9 Å². The van der Waals surface area contributed by atoms with E-state index in [-0.39, 0.29) is 40.3 Å². The minimum atomic E-state index is -4.11. The SMILES string of the molecule is C[C@H](CO)N1C[C@H](C)[C@@H](CN(C)Cc2ccncc2)Oc2c(NS(=O)(=O)c3ccc(F)cc3)cccc2C1=O. The summed E-state index contributed by atoms with van der Waals surface area (Å²) < 4.78 is 48.7. The zero-order valence-corrected chi connectivity index (χ0v) is 22.9. The summed E-state index contributed by atoms with van der Waals surface area (Å²) in [5, 5.41) is 9.87. The molecule has 0 unspecified atom stereocenters. The first kappa shape index (κ1) is 28.5. The van der Waals surface area contributed by atoms with Crippen LogP contribution in [0, 0.1) is 11.7 Å². The minimum Gasteiger partial charge on any atom is -0.486 e. The molecule has 39 heavy (non-hydrogen) atoms. The van der Waals surface area contributed by atoms with E-state index in [1.807, 2.05) is 26.1 Å². The highest BCUT2D eigenvalue weighted by Gasteiger charge is 2.35. The number of hydrogen-bond donors (Lipinski definition) is 2. The second-order valence-electron chi connectivity index (χ2n) is 9.92. The summed E-state index contributed by atoms with van der Waals surface area (Å²) in [6.07, 6.45) is 3.04. The number of carbonyl (C=O) groups is 1. The molecule has 0 saturated carbocycles. The van der Waals surface area contributed by atoms with Crippen LogP contribution in [-0.4, -0.2) is 73.1 Å². The molecule has 1 aliphatic rings. The molecule has 1 aromatic heterocycles. The first-order chi connectivity index (χ1) is 18.6. The van der Waals surface area contributed by atoms with Crippen molar-refractivity contribution in [2.75, 3.05) is 31.5 Å². The third-order valence-electron chi connectivity index (χ3n) is 6.75. The van der Waals surface area contributed by atoms with E-state index >= 15 is 0 Å². The molecule has 0 spiro atoms. The standard InChI is InChI=1S/C28H33FN4O5S/c1-19-15-33(20(2)18-34)28(35)24-5-4-6-25(31-39(36,37)23-9-7-22(29)8-10-23)27(24)38-26(19)17-32(3)16-21-11-13-30-14-12-21/h4-14,19-20,26,31,34H,15-18H2,1-3H3/t19-,20+,26+/m0/s1. The number of likely N-dealkylation sites (N-methyl/N-ethyl adjacent to an activating group) is 1. The van der Waals surface area contributed by atoms with E-state index < -0.39 is 28.0 Å². The van der Waals surface area contributed by atoms with Crippen LogP contribution >= 0.6 is 0 Å². The number of benzene rings is 2. The molecule has 11 heteroatoms. The fraction of sp³-hybridized carbons (Fsp3) is 0.357. The second-order valence-corrected chi connectivity index (χ2v) is 11.6. The number of nitrogens with one attached hydrogen (secondary N) is 1. The summed E-state index contributed by atoms with van der Waals surface area (Å²) in [4.78, 5) is 21.2. The molecule has 1 amide bonds. The van der Waals surface area contributed by atoms with E-state index in [4.69, 9.17) is 4.74 Å². The molecule has 0 aliphatic carbocycles. The van der Waals surface area contributed by atoms with Gasteiger partial charge >= 0.3 is 0 Å². The van der Waals surface area contributed by atoms with Crippen LogP contribution < -0.4 is 9.46 Å². The van der Waals surface area contributed by atoms with Gasteiger partial charge in [0.15, 0.2) is 5.75 Å². The zero-order valence-electron chi connectivity index (χ0n) is 22.1. The Morgan fingerprint density at radius 1 is 1.18 bits per heavy atom. The summed E-state index contributed by atoms with van der Waals surface area (Å²) in [6, 6.07) is 12.5. The van der Waals surface area contributed by atoms with Crippen LogP contribution in [0.2, 0.25) is 0 Å². The van der Waals surface area contributed by atoms with Gasteiger partial charge in [-0.15, -0.1) is 0 Å². The van der Waals surface area contributed by atoms with Gasteiger partial charge in [-0.3, -0.25) is 19.4 Å². The van der Waals surface area contributed by atoms with Gasteiger partial charge in [0.05, 0.1) is 28.8 Å². The second kappa shape index (κ2) is 12.1. The minimum absolute atomic E-state index is 0.0951. The summed E-state index contributed by atoms with van der Waals surface area (Å²) in [5.41, 5.74) is 1.35. The van der Waals surface area contributed by atoms with E-state index in [0.29, 0.717) is 19.6 Å². The van der Waals surface area contributed by atoms with E-state index in [0.717, 1.165) is 17.7 Å². The molecule has 3 aromatic rings. The Kier molecular flexibility index (Phi) is 8.83. The number of aliphatic hydroxyl groups excluding tert-OH is 1. The molecule has 3 atom stereocenters. The Bertz CT molecular complexity index is 1390. The molecular weight excluding hydrogens is 523 g/mol. The van der Waals surface area contributed by atoms with E-state index in [9.17, 15) is 22.7 Å². The zero-order chi connectivity index (χ0) is 28.2. The maximum atomic E-state index is 13.6. The van der Waals surface area contributed by atoms with Crippen molar-refractivity contribution in [1.82, 2.24) is 14.8 Å². The Balaban J connectivity index is 1.71. The number of hydrogen-bond acceptors (Lipinski definition) is 7. The quantitative estimate of drug-likeness (QED) is 0.416. The molecule has 2 aromatic carbocycles. The van der Waals surface area contributed by atoms with Gasteiger partial charge in [-0.1, -0.05) is 13.0 Å². The molecule has 208 valence electrons. The van der Waals surface area contributed by atoms with Crippen molar-refractivity contribution < 1.29 is 27.4 Å². The molecule has 4 rings (SSSR count). The van der Waals surface area contributed by atoms with E-state index in [1.54, 1.807) is 36.4 Å². The lowest BCUT2D eigenvalue weighted by Crippen LogP contribution is -2.49. The Hall–Kier alpha value is -3.54. The van der Waals surface area contributed by atoms with Crippen LogP contribution in [0.3, 0.4) is 0 Å². The van der Waals surface area contributed by atoms with Crippen molar-refractivity contribution in [1.29, 1.82) is 0 Å². The number of fused-ring (bicyclic) bond motifs is 1. The number of amides is 1. The van der Waals surface area contributed by atoms with Crippen LogP contribution in [-0.2, 0) is 16.6 Å². The molecule has 0 bridgehead atoms. The predicted molar refractivity (Wildman–Crippen MR) is 145 cm³/mol. The number of aliphatic hydroxyl groups is 1. The average Bonchev–Trinajstić information content (AvgIpc) is 2.91. The lowest BCUT2D eigenvalue weighted by Gasteiger charge is -2.38. The third-order valence-corrected chi connectivity index (χ3v) is 8.13. The normalized spacial score (nSPS) is 18.6. The fourth-order valence-electron chi connectivity index (χ4n) is 4.53. The number of pyridine rings is 1. The summed E-state index contributed by atoms with van der Waals surface area (Å²) in [6.45, 7) is 4.97. The van der Waals surface area contributed by atoms with Crippen LogP contribution in [0.25, 0.3) is 0 Å². The van der Waals surface area contributed by atoms with Crippen molar-refractivity contribution >= 4 is 21.6 Å². The van der Waals surface area contributed by atoms with Gasteiger partial charge in [0.25, 0.3) is 15.9 Å². The summed E-state index contributed by atoms with van der Waals surface area (Å²) in [7, 11) is -2.15. The van der Waals surface area contributed by atoms with Gasteiger partial charge < -0.3 is 14.7 Å². The largest absolute Gasteiger partial charge is 0.486 e. The monoisotopic (exact) mass is 556 g/mol.